The van der Waals surface area contributed by atoms with Crippen LogP contribution in [0.15, 0.2) is 30.3 Å². The van der Waals surface area contributed by atoms with Crippen molar-refractivity contribution >= 4 is 29.1 Å². The van der Waals surface area contributed by atoms with E-state index in [0.29, 0.717) is 28.4 Å². The molecule has 2 aliphatic heterocycles. The van der Waals surface area contributed by atoms with Crippen LogP contribution in [0.2, 0.25) is 10.0 Å². The van der Waals surface area contributed by atoms with E-state index in [0.717, 1.165) is 55.2 Å². The van der Waals surface area contributed by atoms with Crippen LogP contribution in [-0.4, -0.2) is 61.1 Å². The lowest BCUT2D eigenvalue weighted by Gasteiger charge is -2.60. The van der Waals surface area contributed by atoms with Gasteiger partial charge in [-0.05, 0) is 86.2 Å². The Morgan fingerprint density at radius 1 is 1.16 bits per heavy atom. The van der Waals surface area contributed by atoms with Crippen molar-refractivity contribution in [3.8, 4) is 11.5 Å². The topological polar surface area (TPSA) is 42.0 Å². The molecule has 3 fully saturated rings. The van der Waals surface area contributed by atoms with Crippen LogP contribution < -0.4 is 9.47 Å². The summed E-state index contributed by atoms with van der Waals surface area (Å²) in [6.45, 7) is 2.36. The average Bonchev–Trinajstić information content (AvgIpc) is 3.65. The number of piperidine rings is 1. The molecule has 5 aliphatic rings. The van der Waals surface area contributed by atoms with Gasteiger partial charge in [0.2, 0.25) is 5.91 Å². The van der Waals surface area contributed by atoms with Gasteiger partial charge < -0.3 is 14.4 Å². The van der Waals surface area contributed by atoms with E-state index in [1.807, 2.05) is 18.0 Å². The van der Waals surface area contributed by atoms with E-state index in [4.69, 9.17) is 32.7 Å². The first kappa shape index (κ1) is 24.1. The van der Waals surface area contributed by atoms with Crippen molar-refractivity contribution in [3.63, 3.8) is 0 Å². The first-order valence-corrected chi connectivity index (χ1v) is 14.5. The van der Waals surface area contributed by atoms with Crippen LogP contribution in [-0.2, 0) is 23.1 Å². The van der Waals surface area contributed by atoms with Gasteiger partial charge in [0.15, 0.2) is 11.5 Å². The van der Waals surface area contributed by atoms with E-state index in [1.165, 1.54) is 30.5 Å². The predicted molar refractivity (Wildman–Crippen MR) is 145 cm³/mol. The standard InChI is InChI=1S/C30H34Cl2N2O3/c1-33(26(35)14-18-5-8-21(31)22(32)13-18)23-9-7-20-24-15-19-6-10-25(36-2)28-27(19)30(20,29(23)37-28)11-12-34(24)16-17-3-4-17/h5-6,8,10,13,17,20,23-24,29H,3-4,7,9,11-12,14-16H2,1-2H3/t20-,23-,24+,29-,30-/m0/s1. The van der Waals surface area contributed by atoms with Gasteiger partial charge in [0.05, 0.1) is 29.6 Å². The van der Waals surface area contributed by atoms with E-state index < -0.39 is 0 Å². The van der Waals surface area contributed by atoms with Crippen molar-refractivity contribution in [1.29, 1.82) is 0 Å². The molecule has 37 heavy (non-hydrogen) atoms. The fourth-order valence-electron chi connectivity index (χ4n) is 8.14. The van der Waals surface area contributed by atoms with E-state index in [1.54, 1.807) is 19.2 Å². The second kappa shape index (κ2) is 8.79. The number of amides is 1. The highest BCUT2D eigenvalue weighted by atomic mass is 35.5. The molecule has 3 aliphatic carbocycles. The fraction of sp³-hybridized carbons (Fsp3) is 0.567. The number of likely N-dealkylation sites (tertiary alicyclic amines) is 1. The lowest BCUT2D eigenvalue weighted by atomic mass is 9.51. The third kappa shape index (κ3) is 3.64. The third-order valence-electron chi connectivity index (χ3n) is 10.0. The molecule has 2 saturated carbocycles. The summed E-state index contributed by atoms with van der Waals surface area (Å²) in [5, 5.41) is 0.986. The van der Waals surface area contributed by atoms with Gasteiger partial charge in [-0.15, -0.1) is 0 Å². The number of carbonyl (C=O) groups is 1. The van der Waals surface area contributed by atoms with Crippen LogP contribution in [0, 0.1) is 11.8 Å². The minimum absolute atomic E-state index is 0.0187. The first-order chi connectivity index (χ1) is 17.9. The average molecular weight is 542 g/mol. The number of methoxy groups -OCH3 is 1. The highest BCUT2D eigenvalue weighted by Crippen LogP contribution is 2.64. The van der Waals surface area contributed by atoms with Crippen molar-refractivity contribution in [3.05, 3.63) is 57.1 Å². The predicted octanol–water partition coefficient (Wildman–Crippen LogP) is 5.52. The monoisotopic (exact) mass is 540 g/mol. The number of likely N-dealkylation sites (N-methyl/N-ethyl adjacent to an activating group) is 1. The Hall–Kier alpha value is -1.95. The second-order valence-electron chi connectivity index (χ2n) is 11.9. The van der Waals surface area contributed by atoms with Crippen molar-refractivity contribution in [2.75, 3.05) is 27.2 Å². The Bertz CT molecular complexity index is 1260. The minimum Gasteiger partial charge on any atom is -0.493 e. The molecule has 2 bridgehead atoms. The Morgan fingerprint density at radius 2 is 2.00 bits per heavy atom. The molecule has 0 aromatic heterocycles. The lowest BCUT2D eigenvalue weighted by Crippen LogP contribution is -2.69. The largest absolute Gasteiger partial charge is 0.493 e. The summed E-state index contributed by atoms with van der Waals surface area (Å²) in [6, 6.07) is 10.4. The van der Waals surface area contributed by atoms with E-state index in [2.05, 4.69) is 17.0 Å². The van der Waals surface area contributed by atoms with Crippen molar-refractivity contribution in [2.45, 2.75) is 68.5 Å². The maximum absolute atomic E-state index is 13.6. The molecule has 1 saturated heterocycles. The van der Waals surface area contributed by atoms with Gasteiger partial charge in [-0.3, -0.25) is 9.69 Å². The zero-order valence-corrected chi connectivity index (χ0v) is 23.0. The molecule has 7 heteroatoms. The fourth-order valence-corrected chi connectivity index (χ4v) is 8.46. The van der Waals surface area contributed by atoms with Gasteiger partial charge in [0.1, 0.15) is 6.10 Å². The lowest BCUT2D eigenvalue weighted by molar-refractivity contribution is -0.139. The maximum Gasteiger partial charge on any atom is 0.227 e. The second-order valence-corrected chi connectivity index (χ2v) is 12.7. The zero-order valence-electron chi connectivity index (χ0n) is 21.5. The first-order valence-electron chi connectivity index (χ1n) is 13.7. The summed E-state index contributed by atoms with van der Waals surface area (Å²) in [6.07, 6.45) is 7.28. The molecule has 0 N–H and O–H groups in total. The number of carbonyl (C=O) groups excluding carboxylic acids is 1. The number of nitrogens with zero attached hydrogens (tertiary/aromatic N) is 2. The number of benzene rings is 2. The number of hydrogen-bond donors (Lipinski definition) is 0. The van der Waals surface area contributed by atoms with Gasteiger partial charge in [-0.2, -0.15) is 0 Å². The Morgan fingerprint density at radius 3 is 2.76 bits per heavy atom. The molecule has 196 valence electrons. The number of ether oxygens (including phenoxy) is 2. The van der Waals surface area contributed by atoms with Gasteiger partial charge in [-0.25, -0.2) is 0 Å². The Labute approximate surface area is 229 Å². The van der Waals surface area contributed by atoms with Crippen LogP contribution in [0.5, 0.6) is 11.5 Å². The zero-order chi connectivity index (χ0) is 25.5. The molecule has 0 radical (unpaired) electrons. The summed E-state index contributed by atoms with van der Waals surface area (Å²) >= 11 is 12.3. The number of hydrogen-bond acceptors (Lipinski definition) is 4. The molecule has 2 heterocycles. The molecule has 1 spiro atoms. The molecule has 7 rings (SSSR count). The van der Waals surface area contributed by atoms with Gasteiger partial charge >= 0.3 is 0 Å². The summed E-state index contributed by atoms with van der Waals surface area (Å²) in [5.74, 6) is 3.29. The molecular formula is C30H34Cl2N2O3. The highest BCUT2D eigenvalue weighted by molar-refractivity contribution is 6.42. The van der Waals surface area contributed by atoms with E-state index in [-0.39, 0.29) is 23.5 Å². The molecule has 2 aromatic carbocycles. The minimum atomic E-state index is -0.0524. The van der Waals surface area contributed by atoms with Gasteiger partial charge in [0, 0.05) is 30.6 Å². The molecule has 5 atom stereocenters. The Kier molecular flexibility index (Phi) is 5.73. The normalized spacial score (nSPS) is 31.5. The van der Waals surface area contributed by atoms with Crippen molar-refractivity contribution in [2.24, 2.45) is 11.8 Å². The smallest absolute Gasteiger partial charge is 0.227 e. The molecule has 0 unspecified atom stereocenters. The maximum atomic E-state index is 13.6. The van der Waals surface area contributed by atoms with Crippen molar-refractivity contribution in [1.82, 2.24) is 9.80 Å². The van der Waals surface area contributed by atoms with Crippen LogP contribution in [0.25, 0.3) is 0 Å². The summed E-state index contributed by atoms with van der Waals surface area (Å²) in [7, 11) is 3.68. The molecule has 5 nitrogen and oxygen atoms in total. The number of rotatable bonds is 6. The SMILES string of the molecule is COc1ccc2c3c1O[C@H]1[C@@H](N(C)C(=O)Cc4ccc(Cl)c(Cl)c4)CC[C@H]4[C@@H](C2)N(CC2CC2)CC[C@@]341. The highest BCUT2D eigenvalue weighted by Gasteiger charge is 2.66. The van der Waals surface area contributed by atoms with E-state index >= 15 is 0 Å². The summed E-state index contributed by atoms with van der Waals surface area (Å²) in [4.78, 5) is 18.3. The van der Waals surface area contributed by atoms with Crippen LogP contribution in [0.1, 0.15) is 48.8 Å². The van der Waals surface area contributed by atoms with Gasteiger partial charge in [0.25, 0.3) is 0 Å². The van der Waals surface area contributed by atoms with Crippen LogP contribution in [0.3, 0.4) is 0 Å². The van der Waals surface area contributed by atoms with E-state index in [9.17, 15) is 4.79 Å². The molecular weight excluding hydrogens is 507 g/mol. The molecule has 1 amide bonds. The summed E-state index contributed by atoms with van der Waals surface area (Å²) in [5.41, 5.74) is 3.64. The van der Waals surface area contributed by atoms with Crippen LogP contribution >= 0.6 is 23.2 Å². The quantitative estimate of drug-likeness (QED) is 0.483. The number of halogens is 2. The molecule has 2 aromatic rings. The van der Waals surface area contributed by atoms with Crippen molar-refractivity contribution < 1.29 is 14.3 Å². The van der Waals surface area contributed by atoms with Crippen LogP contribution in [0.4, 0.5) is 0 Å². The van der Waals surface area contributed by atoms with Gasteiger partial charge in [-0.1, -0.05) is 35.3 Å². The summed E-state index contributed by atoms with van der Waals surface area (Å²) < 4.78 is 12.7. The Balaban J connectivity index is 1.23. The third-order valence-corrected chi connectivity index (χ3v) is 10.8.